The van der Waals surface area contributed by atoms with Crippen molar-refractivity contribution in [3.8, 4) is 11.8 Å². The van der Waals surface area contributed by atoms with Gasteiger partial charge in [-0.2, -0.15) is 5.26 Å². The molecule has 6 heteroatoms. The van der Waals surface area contributed by atoms with Gasteiger partial charge in [0.25, 0.3) is 0 Å². The largest absolute Gasteiger partial charge is 0.482 e. The molecule has 1 atom stereocenters. The lowest BCUT2D eigenvalue weighted by Crippen LogP contribution is -2.09. The predicted molar refractivity (Wildman–Crippen MR) is 86.3 cm³/mol. The van der Waals surface area contributed by atoms with Crippen LogP contribution in [0.3, 0.4) is 0 Å². The average molecular weight is 367 g/mol. The van der Waals surface area contributed by atoms with Crippen LogP contribution in [-0.4, -0.2) is 4.98 Å². The van der Waals surface area contributed by atoms with E-state index in [0.717, 1.165) is 10.0 Å². The van der Waals surface area contributed by atoms with Crippen LogP contribution in [0.4, 0.5) is 5.82 Å². The SMILES string of the molecule is Cc1ccc(C#N)c(C(C)Oc2cc(Br)cnc2N)c1Cl. The number of nitrogens with two attached hydrogens (primary N) is 1. The number of nitriles is 1. The van der Waals surface area contributed by atoms with Gasteiger partial charge >= 0.3 is 0 Å². The highest BCUT2D eigenvalue weighted by Gasteiger charge is 2.19. The molecule has 2 aromatic rings. The molecule has 1 aromatic heterocycles. The number of hydrogen-bond donors (Lipinski definition) is 1. The third-order valence-electron chi connectivity index (χ3n) is 3.05. The molecule has 0 saturated heterocycles. The topological polar surface area (TPSA) is 71.9 Å². The molecule has 0 aliphatic rings. The highest BCUT2D eigenvalue weighted by Crippen LogP contribution is 2.34. The van der Waals surface area contributed by atoms with Crippen molar-refractivity contribution in [3.05, 3.63) is 50.6 Å². The number of nitrogen functional groups attached to an aromatic ring is 1. The van der Waals surface area contributed by atoms with E-state index in [1.165, 1.54) is 0 Å². The summed E-state index contributed by atoms with van der Waals surface area (Å²) in [7, 11) is 0. The summed E-state index contributed by atoms with van der Waals surface area (Å²) in [5, 5.41) is 9.77. The summed E-state index contributed by atoms with van der Waals surface area (Å²) in [4.78, 5) is 4.02. The normalized spacial score (nSPS) is 11.8. The Morgan fingerprint density at radius 3 is 2.86 bits per heavy atom. The van der Waals surface area contributed by atoms with Crippen LogP contribution in [-0.2, 0) is 0 Å². The molecule has 2 rings (SSSR count). The van der Waals surface area contributed by atoms with Gasteiger partial charge in [-0.1, -0.05) is 17.7 Å². The quantitative estimate of drug-likeness (QED) is 0.874. The number of hydrogen-bond acceptors (Lipinski definition) is 4. The van der Waals surface area contributed by atoms with E-state index < -0.39 is 6.10 Å². The van der Waals surface area contributed by atoms with E-state index >= 15 is 0 Å². The summed E-state index contributed by atoms with van der Waals surface area (Å²) < 4.78 is 6.60. The van der Waals surface area contributed by atoms with E-state index in [0.29, 0.717) is 21.9 Å². The highest BCUT2D eigenvalue weighted by molar-refractivity contribution is 9.10. The first-order chi connectivity index (χ1) is 9.93. The molecular weight excluding hydrogens is 354 g/mol. The van der Waals surface area contributed by atoms with Crippen molar-refractivity contribution in [2.24, 2.45) is 0 Å². The Hall–Kier alpha value is -1.77. The summed E-state index contributed by atoms with van der Waals surface area (Å²) in [5.41, 5.74) is 7.83. The third-order valence-corrected chi connectivity index (χ3v) is 3.99. The molecule has 0 bridgehead atoms. The fourth-order valence-corrected chi connectivity index (χ4v) is 2.60. The summed E-state index contributed by atoms with van der Waals surface area (Å²) in [6, 6.07) is 7.41. The summed E-state index contributed by atoms with van der Waals surface area (Å²) in [6.07, 6.45) is 1.16. The minimum Gasteiger partial charge on any atom is -0.482 e. The highest BCUT2D eigenvalue weighted by atomic mass is 79.9. The van der Waals surface area contributed by atoms with E-state index in [1.54, 1.807) is 18.3 Å². The number of rotatable bonds is 3. The van der Waals surface area contributed by atoms with Crippen LogP contribution in [0, 0.1) is 18.3 Å². The molecule has 0 aliphatic heterocycles. The Bertz CT molecular complexity index is 728. The number of benzene rings is 1. The minimum atomic E-state index is -0.426. The van der Waals surface area contributed by atoms with Crippen molar-refractivity contribution in [1.82, 2.24) is 4.98 Å². The van der Waals surface area contributed by atoms with Crippen LogP contribution in [0.2, 0.25) is 5.02 Å². The molecule has 0 radical (unpaired) electrons. The minimum absolute atomic E-state index is 0.285. The Kier molecular flexibility index (Phi) is 4.71. The summed E-state index contributed by atoms with van der Waals surface area (Å²) >= 11 is 9.64. The Morgan fingerprint density at radius 2 is 2.19 bits per heavy atom. The van der Waals surface area contributed by atoms with Gasteiger partial charge in [0.15, 0.2) is 11.6 Å². The van der Waals surface area contributed by atoms with E-state index in [4.69, 9.17) is 22.1 Å². The smallest absolute Gasteiger partial charge is 0.166 e. The molecule has 0 saturated carbocycles. The van der Waals surface area contributed by atoms with Crippen molar-refractivity contribution < 1.29 is 4.74 Å². The second-order valence-electron chi connectivity index (χ2n) is 4.57. The van der Waals surface area contributed by atoms with Gasteiger partial charge in [0.05, 0.1) is 16.7 Å². The van der Waals surface area contributed by atoms with Crippen molar-refractivity contribution in [2.75, 3.05) is 5.73 Å². The van der Waals surface area contributed by atoms with Gasteiger partial charge in [0, 0.05) is 16.2 Å². The average Bonchev–Trinajstić information content (AvgIpc) is 2.45. The molecule has 1 heterocycles. The first-order valence-corrected chi connectivity index (χ1v) is 7.38. The van der Waals surface area contributed by atoms with Crippen LogP contribution in [0.5, 0.6) is 5.75 Å². The van der Waals surface area contributed by atoms with E-state index in [1.807, 2.05) is 19.9 Å². The lowest BCUT2D eigenvalue weighted by atomic mass is 10.0. The molecule has 2 N–H and O–H groups in total. The summed E-state index contributed by atoms with van der Waals surface area (Å²) in [6.45, 7) is 3.70. The van der Waals surface area contributed by atoms with Gasteiger partial charge in [-0.3, -0.25) is 0 Å². The number of nitrogens with zero attached hydrogens (tertiary/aromatic N) is 2. The first kappa shape index (κ1) is 15.6. The van der Waals surface area contributed by atoms with E-state index in [2.05, 4.69) is 27.0 Å². The van der Waals surface area contributed by atoms with Crippen LogP contribution >= 0.6 is 27.5 Å². The van der Waals surface area contributed by atoms with Gasteiger partial charge in [-0.05, 0) is 47.5 Å². The van der Waals surface area contributed by atoms with E-state index in [-0.39, 0.29) is 5.82 Å². The number of anilines is 1. The Morgan fingerprint density at radius 1 is 1.48 bits per heavy atom. The van der Waals surface area contributed by atoms with Crippen molar-refractivity contribution in [3.63, 3.8) is 0 Å². The first-order valence-electron chi connectivity index (χ1n) is 6.20. The summed E-state index contributed by atoms with van der Waals surface area (Å²) in [5.74, 6) is 0.727. The molecule has 1 aromatic carbocycles. The monoisotopic (exact) mass is 365 g/mol. The fourth-order valence-electron chi connectivity index (χ4n) is 1.97. The lowest BCUT2D eigenvalue weighted by Gasteiger charge is -2.19. The van der Waals surface area contributed by atoms with Crippen LogP contribution < -0.4 is 10.5 Å². The maximum atomic E-state index is 9.24. The fraction of sp³-hybridized carbons (Fsp3) is 0.200. The predicted octanol–water partition coefficient (Wildman–Crippen LogP) is 4.40. The van der Waals surface area contributed by atoms with Gasteiger partial charge in [0.1, 0.15) is 6.10 Å². The molecule has 0 amide bonds. The second kappa shape index (κ2) is 6.33. The third kappa shape index (κ3) is 3.29. The maximum absolute atomic E-state index is 9.24. The molecule has 0 aliphatic carbocycles. The zero-order valence-corrected chi connectivity index (χ0v) is 13.9. The number of aryl methyl sites for hydroxylation is 1. The van der Waals surface area contributed by atoms with Gasteiger partial charge < -0.3 is 10.5 Å². The van der Waals surface area contributed by atoms with Gasteiger partial charge in [-0.15, -0.1) is 0 Å². The van der Waals surface area contributed by atoms with Crippen LogP contribution in [0.25, 0.3) is 0 Å². The Balaban J connectivity index is 2.41. The molecule has 4 nitrogen and oxygen atoms in total. The number of pyridine rings is 1. The zero-order chi connectivity index (χ0) is 15.6. The standard InChI is InChI=1S/C15H13BrClN3O/c1-8-3-4-10(6-18)13(14(8)17)9(2)21-12-5-11(16)7-20-15(12)19/h3-5,7,9H,1-2H3,(H2,19,20). The molecule has 21 heavy (non-hydrogen) atoms. The molecule has 108 valence electrons. The van der Waals surface area contributed by atoms with Crippen LogP contribution in [0.15, 0.2) is 28.9 Å². The zero-order valence-electron chi connectivity index (χ0n) is 11.5. The van der Waals surface area contributed by atoms with Crippen molar-refractivity contribution in [2.45, 2.75) is 20.0 Å². The van der Waals surface area contributed by atoms with Crippen molar-refractivity contribution in [1.29, 1.82) is 5.26 Å². The molecule has 0 spiro atoms. The molecular formula is C15H13BrClN3O. The van der Waals surface area contributed by atoms with Gasteiger partial charge in [-0.25, -0.2) is 4.98 Å². The van der Waals surface area contributed by atoms with Gasteiger partial charge in [0.2, 0.25) is 0 Å². The number of ether oxygens (including phenoxy) is 1. The lowest BCUT2D eigenvalue weighted by molar-refractivity contribution is 0.227. The van der Waals surface area contributed by atoms with Crippen molar-refractivity contribution >= 4 is 33.3 Å². The van der Waals surface area contributed by atoms with Crippen LogP contribution in [0.1, 0.15) is 29.7 Å². The van der Waals surface area contributed by atoms with E-state index in [9.17, 15) is 5.26 Å². The molecule has 0 fully saturated rings. The number of aromatic nitrogens is 1. The number of halogens is 2. The maximum Gasteiger partial charge on any atom is 0.166 e. The molecule has 1 unspecified atom stereocenters. The second-order valence-corrected chi connectivity index (χ2v) is 5.86. The Labute approximate surface area is 136 Å².